The zero-order valence-electron chi connectivity index (χ0n) is 57.8. The minimum Gasteiger partial charge on any atom is -0.352 e. The van der Waals surface area contributed by atoms with Crippen molar-refractivity contribution in [3.8, 4) is 0 Å². The molecule has 4 aliphatic heterocycles. The van der Waals surface area contributed by atoms with Crippen LogP contribution in [-0.2, 0) is 33.6 Å². The molecule has 1 saturated carbocycles. The van der Waals surface area contributed by atoms with Crippen LogP contribution in [0, 0.1) is 11.7 Å². The van der Waals surface area contributed by atoms with E-state index in [0.717, 1.165) is 53.3 Å². The van der Waals surface area contributed by atoms with Gasteiger partial charge < -0.3 is 41.0 Å². The first-order chi connectivity index (χ1) is 46.6. The number of H-pyrrole nitrogens is 2. The van der Waals surface area contributed by atoms with Gasteiger partial charge in [-0.15, -0.1) is 0 Å². The highest BCUT2D eigenvalue weighted by molar-refractivity contribution is 6.31. The van der Waals surface area contributed by atoms with Crippen molar-refractivity contribution in [2.45, 2.75) is 145 Å². The van der Waals surface area contributed by atoms with Gasteiger partial charge in [0.2, 0.25) is 23.6 Å². The second kappa shape index (κ2) is 42.6. The number of para-hydroxylation sites is 1. The van der Waals surface area contributed by atoms with Crippen molar-refractivity contribution in [3.05, 3.63) is 167 Å². The number of likely N-dealkylation sites (tertiary alicyclic amines) is 4. The number of hydrogen-bond acceptors (Lipinski definition) is 14. The van der Waals surface area contributed by atoms with Crippen molar-refractivity contribution in [1.29, 1.82) is 0 Å². The minimum atomic E-state index is -2.65. The molecule has 536 valence electrons. The molecule has 4 amide bonds. The SMILES string of the molecule is CC(=O)C1CC1.CC(=O)N1CCC(F)(F)C1.CC(=O)N1CCCC1.CC(=O)N1CC[C@@H](F)C1.CC(=O)N1CC[C@H](F)C1.CC(=O)[C@@H](N)c1ccccc1.CC(=O)[C@H](N)c1ccccc1.CC(=O)c1cc2cc(Cl)ccc2[nH]1.CC(=O)c1cc2cccc(F)c2[nH]1.CC(=O)c1cnccn1. The van der Waals surface area contributed by atoms with Crippen LogP contribution in [0.4, 0.5) is 22.0 Å². The predicted molar refractivity (Wildman–Crippen MR) is 372 cm³/mol. The van der Waals surface area contributed by atoms with E-state index in [0.29, 0.717) is 78.3 Å². The summed E-state index contributed by atoms with van der Waals surface area (Å²) in [6.45, 7) is 18.5. The molecule has 99 heavy (non-hydrogen) atoms. The van der Waals surface area contributed by atoms with Crippen LogP contribution in [-0.4, -0.2) is 168 Å². The van der Waals surface area contributed by atoms with E-state index in [1.54, 1.807) is 38.1 Å². The van der Waals surface area contributed by atoms with Crippen molar-refractivity contribution in [2.75, 3.05) is 52.4 Å². The first-order valence-corrected chi connectivity index (χ1v) is 32.6. The molecule has 0 bridgehead atoms. The third-order valence-electron chi connectivity index (χ3n) is 15.5. The second-order valence-electron chi connectivity index (χ2n) is 23.9. The van der Waals surface area contributed by atoms with Gasteiger partial charge in [0, 0.05) is 127 Å². The monoisotopic (exact) mass is 1400 g/mol. The van der Waals surface area contributed by atoms with Gasteiger partial charge in [-0.2, -0.15) is 0 Å². The van der Waals surface area contributed by atoms with Crippen molar-refractivity contribution < 1.29 is 69.9 Å². The number of amides is 4. The number of nitrogens with zero attached hydrogens (tertiary/aromatic N) is 6. The number of aromatic nitrogens is 4. The highest BCUT2D eigenvalue weighted by atomic mass is 35.5. The molecule has 1 aliphatic carbocycles. The molecule has 7 heterocycles. The summed E-state index contributed by atoms with van der Waals surface area (Å²) in [5, 5.41) is 2.38. The lowest BCUT2D eigenvalue weighted by atomic mass is 10.1. The molecule has 26 heteroatoms. The standard InChI is InChI=1S/C10H8ClNO.C10H8FNO.2C9H11NO.C6H9F2NO.2C6H10FNO.C6H6N2O.C6H11NO.C5H8O/c1-6(13)10-5-7-4-8(11)2-3-9(7)12-10;1-6(13)9-5-7-3-2-4-8(11)10(7)12-9;2*1-7(11)9(10)8-5-3-2-4-6-8;1-5(10)9-3-2-6(7,8)4-9;2*1-5(9)8-3-2-6(7)4-8;1-5(9)6-4-7-2-3-8-6;1-6(8)7-4-2-3-5-7;1-4(6)5-2-3-5/h2*2-5,12H,1H3;2*2-6,9H,10H2,1H3;2-4H2,1H3;2*6H,2-4H2,1H3;2-4H,1H3;2-5H2,1H3;5H,2-3H2,1H3/t;;2*9-;;2*6-;;;/m..10.10.../s1. The smallest absolute Gasteiger partial charge is 0.267 e. The Kier molecular flexibility index (Phi) is 36.1. The summed E-state index contributed by atoms with van der Waals surface area (Å²) in [4.78, 5) is 126. The third-order valence-corrected chi connectivity index (χ3v) is 15.8. The average molecular weight is 1400 g/mol. The van der Waals surface area contributed by atoms with Crippen molar-refractivity contribution in [1.82, 2.24) is 39.5 Å². The molecular weight excluding hydrogens is 1310 g/mol. The van der Waals surface area contributed by atoms with E-state index in [2.05, 4.69) is 19.9 Å². The average Bonchev–Trinajstić information content (AvgIpc) is 1.71. The number of carbonyl (C=O) groups is 10. The van der Waals surface area contributed by atoms with Gasteiger partial charge in [-0.25, -0.2) is 26.9 Å². The molecule has 20 nitrogen and oxygen atoms in total. The van der Waals surface area contributed by atoms with Gasteiger partial charge in [0.05, 0.1) is 54.8 Å². The number of carbonyl (C=O) groups excluding carboxylic acids is 10. The number of fused-ring (bicyclic) bond motifs is 2. The van der Waals surface area contributed by atoms with Gasteiger partial charge in [0.1, 0.15) is 29.6 Å². The summed E-state index contributed by atoms with van der Waals surface area (Å²) in [5.74, 6) is -2.33. The molecule has 0 radical (unpaired) electrons. The fourth-order valence-corrected chi connectivity index (χ4v) is 9.59. The van der Waals surface area contributed by atoms with Crippen molar-refractivity contribution >= 4 is 91.7 Å². The van der Waals surface area contributed by atoms with E-state index < -0.39 is 36.9 Å². The number of alkyl halides is 4. The number of nitrogens with one attached hydrogen (secondary N) is 2. The maximum atomic E-state index is 13.1. The van der Waals surface area contributed by atoms with Crippen LogP contribution in [0.15, 0.2) is 128 Å². The molecule has 5 fully saturated rings. The van der Waals surface area contributed by atoms with Crippen molar-refractivity contribution in [2.24, 2.45) is 17.4 Å². The van der Waals surface area contributed by atoms with Gasteiger partial charge >= 0.3 is 0 Å². The third kappa shape index (κ3) is 31.9. The number of Topliss-reactive ketones (excluding diaryl/α,β-unsaturated/α-hetero) is 6. The van der Waals surface area contributed by atoms with E-state index >= 15 is 0 Å². The Morgan fingerprint density at radius 1 is 0.535 bits per heavy atom. The number of hydrogen-bond donors (Lipinski definition) is 4. The lowest BCUT2D eigenvalue weighted by Crippen LogP contribution is -2.29. The Labute approximate surface area is 579 Å². The lowest BCUT2D eigenvalue weighted by Gasteiger charge is -2.12. The van der Waals surface area contributed by atoms with Crippen LogP contribution in [0.1, 0.15) is 169 Å². The zero-order valence-corrected chi connectivity index (χ0v) is 58.6. The largest absolute Gasteiger partial charge is 0.352 e. The Morgan fingerprint density at radius 2 is 1.01 bits per heavy atom. The molecule has 12 rings (SSSR count). The van der Waals surface area contributed by atoms with Crippen LogP contribution in [0.3, 0.4) is 0 Å². The number of nitrogens with two attached hydrogens (primary N) is 2. The molecule has 6 N–H and O–H groups in total. The van der Waals surface area contributed by atoms with Crippen LogP contribution in [0.2, 0.25) is 5.02 Å². The van der Waals surface area contributed by atoms with E-state index in [1.165, 1.54) is 108 Å². The van der Waals surface area contributed by atoms with E-state index in [4.69, 9.17) is 23.1 Å². The fourth-order valence-electron chi connectivity index (χ4n) is 9.41. The Balaban J connectivity index is 0.000000288. The van der Waals surface area contributed by atoms with Crippen molar-refractivity contribution in [3.63, 3.8) is 0 Å². The van der Waals surface area contributed by atoms with Gasteiger partial charge in [-0.05, 0) is 107 Å². The lowest BCUT2D eigenvalue weighted by molar-refractivity contribution is -0.129. The van der Waals surface area contributed by atoms with Gasteiger partial charge in [-0.3, -0.25) is 52.9 Å². The number of rotatable bonds is 8. The van der Waals surface area contributed by atoms with Gasteiger partial charge in [-0.1, -0.05) is 84.4 Å². The second-order valence-corrected chi connectivity index (χ2v) is 24.3. The van der Waals surface area contributed by atoms with Gasteiger partial charge in [0.25, 0.3) is 5.92 Å². The summed E-state index contributed by atoms with van der Waals surface area (Å²) < 4.78 is 62.5. The molecule has 4 atom stereocenters. The molecule has 3 aromatic heterocycles. The molecular formula is C73H92ClF5N10O10. The number of ketones is 6. The summed E-state index contributed by atoms with van der Waals surface area (Å²) >= 11 is 5.81. The van der Waals surface area contributed by atoms with E-state index in [1.807, 2.05) is 83.8 Å². The molecule has 0 spiro atoms. The number of aromatic amines is 2. The maximum Gasteiger partial charge on any atom is 0.267 e. The first kappa shape index (κ1) is 84.0. The summed E-state index contributed by atoms with van der Waals surface area (Å²) in [6.07, 6.45) is 8.43. The highest BCUT2D eigenvalue weighted by Gasteiger charge is 2.39. The van der Waals surface area contributed by atoms with E-state index in [-0.39, 0.29) is 71.3 Å². The van der Waals surface area contributed by atoms with E-state index in [9.17, 15) is 69.9 Å². The topological polar surface area (TPSA) is 293 Å². The Morgan fingerprint density at radius 3 is 1.32 bits per heavy atom. The molecule has 5 aliphatic rings. The van der Waals surface area contributed by atoms with Crippen LogP contribution < -0.4 is 11.5 Å². The van der Waals surface area contributed by atoms with Crippen LogP contribution in [0.25, 0.3) is 21.8 Å². The minimum absolute atomic E-state index is 0.00352. The van der Waals surface area contributed by atoms with Crippen LogP contribution in [0.5, 0.6) is 0 Å². The molecule has 4 aromatic carbocycles. The Bertz CT molecular complexity index is 3670. The molecule has 4 saturated heterocycles. The summed E-state index contributed by atoms with van der Waals surface area (Å²) in [5.41, 5.74) is 15.7. The Hall–Kier alpha value is -9.20. The summed E-state index contributed by atoms with van der Waals surface area (Å²) in [6, 6.07) is 31.5. The molecule has 0 unspecified atom stereocenters. The fraction of sp³-hybridized carbons (Fsp3) is 0.425. The quantitative estimate of drug-likeness (QED) is 0.0813. The number of halogens is 6. The molecule has 7 aromatic rings. The van der Waals surface area contributed by atoms with Gasteiger partial charge in [0.15, 0.2) is 28.9 Å². The highest BCUT2D eigenvalue weighted by Crippen LogP contribution is 2.29. The number of benzene rings is 4. The first-order valence-electron chi connectivity index (χ1n) is 32.3. The summed E-state index contributed by atoms with van der Waals surface area (Å²) in [7, 11) is 0. The normalized spacial score (nSPS) is 16.5. The van der Waals surface area contributed by atoms with Crippen LogP contribution >= 0.6 is 11.6 Å². The predicted octanol–water partition coefficient (Wildman–Crippen LogP) is 12.4. The zero-order chi connectivity index (χ0) is 74.1. The maximum absolute atomic E-state index is 13.1.